The maximum atomic E-state index is 15.3. The predicted molar refractivity (Wildman–Crippen MR) is 203 cm³/mol. The number of carbonyl (C=O) groups excluding carboxylic acids is 4. The van der Waals surface area contributed by atoms with Crippen molar-refractivity contribution in [3.05, 3.63) is 135 Å². The maximum Gasteiger partial charge on any atom is 0.269 e. The topological polar surface area (TPSA) is 157 Å². The number of methoxy groups -OCH3 is 2. The summed E-state index contributed by atoms with van der Waals surface area (Å²) in [4.78, 5) is 71.8. The number of imide groups is 2. The molecule has 1 saturated carbocycles. The quantitative estimate of drug-likeness (QED) is 0.0875. The van der Waals surface area contributed by atoms with Crippen LogP contribution in [0.3, 0.4) is 0 Å². The highest BCUT2D eigenvalue weighted by Gasteiger charge is 2.69. The van der Waals surface area contributed by atoms with Gasteiger partial charge in [-0.25, -0.2) is 4.90 Å². The number of allylic oxidation sites excluding steroid dienone is 3. The number of phenols is 1. The molecule has 2 heterocycles. The van der Waals surface area contributed by atoms with Crippen molar-refractivity contribution < 1.29 is 38.7 Å². The number of anilines is 2. The Balaban J connectivity index is 1.31. The maximum absolute atomic E-state index is 15.3. The number of nitrogens with zero attached hydrogens (tertiary/aromatic N) is 3. The van der Waals surface area contributed by atoms with Gasteiger partial charge in [0.05, 0.1) is 53.7 Å². The van der Waals surface area contributed by atoms with Crippen molar-refractivity contribution in [2.24, 2.45) is 29.6 Å². The van der Waals surface area contributed by atoms with Gasteiger partial charge in [-0.1, -0.05) is 71.8 Å². The van der Waals surface area contributed by atoms with Crippen LogP contribution in [0.25, 0.3) is 6.08 Å². The molecule has 4 aromatic carbocycles. The molecule has 278 valence electrons. The van der Waals surface area contributed by atoms with Crippen molar-refractivity contribution in [3.8, 4) is 17.2 Å². The Hall–Kier alpha value is -6.27. The number of amides is 4. The normalized spacial score (nSPS) is 25.8. The van der Waals surface area contributed by atoms with Crippen LogP contribution in [-0.2, 0) is 24.6 Å². The van der Waals surface area contributed by atoms with Crippen LogP contribution >= 0.6 is 11.6 Å². The van der Waals surface area contributed by atoms with Crippen LogP contribution in [0, 0.1) is 39.7 Å². The van der Waals surface area contributed by atoms with E-state index in [0.29, 0.717) is 21.8 Å². The molecule has 0 spiro atoms. The van der Waals surface area contributed by atoms with Gasteiger partial charge >= 0.3 is 0 Å². The molecule has 0 bridgehead atoms. The second kappa shape index (κ2) is 13.5. The number of nitro benzene ring substituents is 1. The molecule has 4 aliphatic rings. The molecule has 0 radical (unpaired) electrons. The Morgan fingerprint density at radius 1 is 0.836 bits per heavy atom. The van der Waals surface area contributed by atoms with Crippen LogP contribution in [0.4, 0.5) is 17.1 Å². The van der Waals surface area contributed by atoms with Gasteiger partial charge in [0.15, 0.2) is 11.5 Å². The molecular weight excluding hydrogens is 726 g/mol. The zero-order valence-electron chi connectivity index (χ0n) is 29.6. The average Bonchev–Trinajstić information content (AvgIpc) is 3.58. The molecule has 3 fully saturated rings. The molecule has 6 atom stereocenters. The number of hydrogen-bond acceptors (Lipinski definition) is 9. The second-order valence-electron chi connectivity index (χ2n) is 14.1. The molecule has 13 heteroatoms. The number of fused-ring (bicyclic) bond motifs is 4. The Labute approximate surface area is 320 Å². The zero-order chi connectivity index (χ0) is 38.8. The predicted octanol–water partition coefficient (Wildman–Crippen LogP) is 6.88. The molecule has 4 amide bonds. The molecule has 4 aromatic rings. The first-order valence-electron chi connectivity index (χ1n) is 17.7. The smallest absolute Gasteiger partial charge is 0.269 e. The van der Waals surface area contributed by atoms with Gasteiger partial charge in [0.1, 0.15) is 0 Å². The van der Waals surface area contributed by atoms with Crippen LogP contribution in [0.5, 0.6) is 17.2 Å². The number of hydrogen-bond donors (Lipinski definition) is 1. The summed E-state index contributed by atoms with van der Waals surface area (Å²) in [6.45, 7) is 0. The Kier molecular flexibility index (Phi) is 8.80. The molecule has 0 unspecified atom stereocenters. The lowest BCUT2D eigenvalue weighted by Gasteiger charge is -2.49. The van der Waals surface area contributed by atoms with Crippen molar-refractivity contribution in [2.45, 2.75) is 18.3 Å². The molecule has 8 rings (SSSR count). The molecule has 2 aliphatic heterocycles. The number of non-ortho nitro benzene ring substituents is 1. The fourth-order valence-corrected chi connectivity index (χ4v) is 9.37. The molecule has 1 N–H and O–H groups in total. The Morgan fingerprint density at radius 2 is 1.53 bits per heavy atom. The number of halogens is 1. The van der Waals surface area contributed by atoms with E-state index in [-0.39, 0.29) is 41.5 Å². The Morgan fingerprint density at radius 3 is 2.16 bits per heavy atom. The van der Waals surface area contributed by atoms with Gasteiger partial charge in [-0.2, -0.15) is 0 Å². The van der Waals surface area contributed by atoms with Gasteiger partial charge < -0.3 is 14.6 Å². The number of aromatic hydroxyl groups is 1. The highest BCUT2D eigenvalue weighted by molar-refractivity contribution is 6.32. The van der Waals surface area contributed by atoms with E-state index in [1.807, 2.05) is 42.5 Å². The number of rotatable bonds is 8. The van der Waals surface area contributed by atoms with Crippen LogP contribution in [0.1, 0.15) is 24.0 Å². The first kappa shape index (κ1) is 35.7. The average molecular weight is 760 g/mol. The summed E-state index contributed by atoms with van der Waals surface area (Å²) in [7, 11) is 2.83. The van der Waals surface area contributed by atoms with E-state index in [2.05, 4.69) is 0 Å². The lowest BCUT2D eigenvalue weighted by Crippen LogP contribution is -2.54. The monoisotopic (exact) mass is 759 g/mol. The van der Waals surface area contributed by atoms with Gasteiger partial charge in [-0.05, 0) is 72.4 Å². The largest absolute Gasteiger partial charge is 0.502 e. The van der Waals surface area contributed by atoms with Crippen LogP contribution in [0.2, 0.25) is 5.02 Å². The third-order valence-corrected chi connectivity index (χ3v) is 11.8. The molecule has 55 heavy (non-hydrogen) atoms. The molecular formula is C42H34ClN3O9. The summed E-state index contributed by atoms with van der Waals surface area (Å²) in [5.74, 6) is -5.62. The first-order valence-corrected chi connectivity index (χ1v) is 18.0. The highest BCUT2D eigenvalue weighted by Crippen LogP contribution is 2.62. The molecule has 12 nitrogen and oxygen atoms in total. The summed E-state index contributed by atoms with van der Waals surface area (Å²) in [5, 5.41) is 22.3. The number of nitro groups is 1. The zero-order valence-corrected chi connectivity index (χ0v) is 30.4. The summed E-state index contributed by atoms with van der Waals surface area (Å²) < 4.78 is 10.8. The van der Waals surface area contributed by atoms with Crippen molar-refractivity contribution in [1.29, 1.82) is 0 Å². The molecule has 2 aliphatic carbocycles. The van der Waals surface area contributed by atoms with Gasteiger partial charge in [-0.15, -0.1) is 0 Å². The third kappa shape index (κ3) is 5.42. The van der Waals surface area contributed by atoms with Crippen LogP contribution in [0.15, 0.2) is 109 Å². The fraction of sp³-hybridized carbons (Fsp3) is 0.238. The summed E-state index contributed by atoms with van der Waals surface area (Å²) in [6.07, 6.45) is 5.86. The lowest BCUT2D eigenvalue weighted by atomic mass is 9.50. The Bertz CT molecular complexity index is 2320. The van der Waals surface area contributed by atoms with Gasteiger partial charge in [-0.3, -0.25) is 34.2 Å². The molecule has 2 saturated heterocycles. The summed E-state index contributed by atoms with van der Waals surface area (Å²) in [6, 6.07) is 24.2. The van der Waals surface area contributed by atoms with E-state index in [1.165, 1.54) is 43.4 Å². The first-order chi connectivity index (χ1) is 26.5. The minimum absolute atomic E-state index is 0.0991. The summed E-state index contributed by atoms with van der Waals surface area (Å²) >= 11 is 6.39. The van der Waals surface area contributed by atoms with Gasteiger partial charge in [0, 0.05) is 23.1 Å². The van der Waals surface area contributed by atoms with E-state index < -0.39 is 63.6 Å². The van der Waals surface area contributed by atoms with Crippen molar-refractivity contribution in [2.75, 3.05) is 24.0 Å². The molecule has 0 aromatic heterocycles. The van der Waals surface area contributed by atoms with E-state index in [4.69, 9.17) is 21.1 Å². The van der Waals surface area contributed by atoms with Gasteiger partial charge in [0.2, 0.25) is 29.4 Å². The SMILES string of the molecule is COc1cc(C=C[C@H]2C3=CC[C@@H]4C(=O)N(c5ccc([N+](=O)[O-])cc5)C(=O)[C@@H]4[C@@H]3C[C@H]3C(=O)N(c4cccc(Cl)c4)C(=O)[C@@]23c2ccccc2)cc(OC)c1O. The lowest BCUT2D eigenvalue weighted by molar-refractivity contribution is -0.384. The minimum atomic E-state index is -1.47. The van der Waals surface area contributed by atoms with Crippen molar-refractivity contribution in [3.63, 3.8) is 0 Å². The standard InChI is InChI=1S/C42H34ClN3O9/c1-54-34-19-23(20-35(55-2)37(34)47)11-18-32-29-16-17-30-36(40(50)44(38(30)48)26-12-14-27(15-13-26)46(52)53)31(29)22-33-39(49)45(28-10-6-9-25(43)21-28)41(51)42(32,33)24-7-4-3-5-8-24/h3-16,18-21,30-33,36,47H,17,22H2,1-2H3/t30-,31+,32-,33-,36-,42-/m0/s1. The number of ether oxygens (including phenoxy) is 2. The van der Waals surface area contributed by atoms with E-state index in [0.717, 1.165) is 10.5 Å². The van der Waals surface area contributed by atoms with Crippen molar-refractivity contribution >= 4 is 58.4 Å². The number of phenolic OH excluding ortho intramolecular Hbond substituents is 1. The third-order valence-electron chi connectivity index (χ3n) is 11.5. The second-order valence-corrected chi connectivity index (χ2v) is 14.5. The van der Waals surface area contributed by atoms with Crippen LogP contribution < -0.4 is 19.3 Å². The number of benzene rings is 4. The highest BCUT2D eigenvalue weighted by atomic mass is 35.5. The van der Waals surface area contributed by atoms with E-state index in [1.54, 1.807) is 42.5 Å². The van der Waals surface area contributed by atoms with Crippen molar-refractivity contribution in [1.82, 2.24) is 0 Å². The van der Waals surface area contributed by atoms with E-state index >= 15 is 4.79 Å². The fourth-order valence-electron chi connectivity index (χ4n) is 9.19. The van der Waals surface area contributed by atoms with E-state index in [9.17, 15) is 29.6 Å². The number of carbonyl (C=O) groups is 4. The summed E-state index contributed by atoms with van der Waals surface area (Å²) in [5.41, 5.74) is 0.813. The minimum Gasteiger partial charge on any atom is -0.502 e. The van der Waals surface area contributed by atoms with Crippen LogP contribution in [-0.4, -0.2) is 47.9 Å². The van der Waals surface area contributed by atoms with Gasteiger partial charge in [0.25, 0.3) is 5.69 Å².